The number of aliphatic carboxylic acids is 1. The van der Waals surface area contributed by atoms with E-state index in [-0.39, 0.29) is 23.8 Å². The summed E-state index contributed by atoms with van der Waals surface area (Å²) >= 11 is 0. The van der Waals surface area contributed by atoms with Crippen molar-refractivity contribution in [3.05, 3.63) is 29.8 Å². The highest BCUT2D eigenvalue weighted by Gasteiger charge is 2.36. The number of likely N-dealkylation sites (N-methyl/N-ethyl adjacent to an activating group) is 1. The van der Waals surface area contributed by atoms with Crippen LogP contribution in [0.2, 0.25) is 0 Å². The number of halogens is 1. The Morgan fingerprint density at radius 2 is 2.07 bits per heavy atom. The van der Waals surface area contributed by atoms with E-state index in [1.165, 1.54) is 12.1 Å². The van der Waals surface area contributed by atoms with E-state index in [4.69, 9.17) is 0 Å². The van der Waals surface area contributed by atoms with E-state index >= 15 is 0 Å². The van der Waals surface area contributed by atoms with Gasteiger partial charge in [-0.05, 0) is 44.5 Å². The highest BCUT2D eigenvalue weighted by atomic mass is 19.1. The van der Waals surface area contributed by atoms with Crippen LogP contribution in [-0.4, -0.2) is 75.6 Å². The van der Waals surface area contributed by atoms with Gasteiger partial charge in [0.1, 0.15) is 17.7 Å². The predicted octanol–water partition coefficient (Wildman–Crippen LogP) is 1.75. The lowest BCUT2D eigenvalue weighted by Gasteiger charge is -2.32. The number of carboxylic acids is 1. The fourth-order valence-corrected chi connectivity index (χ4v) is 4.21. The van der Waals surface area contributed by atoms with Gasteiger partial charge in [0.2, 0.25) is 0 Å². The highest BCUT2D eigenvalue weighted by Crippen LogP contribution is 2.28. The van der Waals surface area contributed by atoms with Gasteiger partial charge in [-0.3, -0.25) is 9.69 Å². The monoisotopic (exact) mass is 389 g/mol. The number of nitrogens with one attached hydrogen (secondary N) is 2. The number of hydrogen-bond donors (Lipinski definition) is 3. The summed E-state index contributed by atoms with van der Waals surface area (Å²) in [4.78, 5) is 35.0. The molecule has 0 spiro atoms. The first-order valence-electron chi connectivity index (χ1n) is 9.54. The normalized spacial score (nSPS) is 24.0. The molecule has 1 aromatic heterocycles. The number of carbonyl (C=O) groups is 2. The van der Waals surface area contributed by atoms with Gasteiger partial charge in [-0.15, -0.1) is 0 Å². The molecule has 1 aromatic carbocycles. The van der Waals surface area contributed by atoms with Gasteiger partial charge in [0, 0.05) is 31.6 Å². The molecular formula is C19H24FN5O3. The Kier molecular flexibility index (Phi) is 4.92. The van der Waals surface area contributed by atoms with Gasteiger partial charge in [-0.2, -0.15) is 0 Å². The van der Waals surface area contributed by atoms with Crippen molar-refractivity contribution >= 4 is 23.0 Å². The minimum absolute atomic E-state index is 0.144. The molecule has 3 N–H and O–H groups in total. The number of likely N-dealkylation sites (tertiary alicyclic amines) is 2. The lowest BCUT2D eigenvalue weighted by molar-refractivity contribution is -0.141. The molecule has 4 rings (SSSR count). The van der Waals surface area contributed by atoms with Crippen LogP contribution in [0.3, 0.4) is 0 Å². The molecule has 2 aliphatic heterocycles. The maximum absolute atomic E-state index is 13.4. The third-order valence-corrected chi connectivity index (χ3v) is 5.79. The number of imidazole rings is 1. The van der Waals surface area contributed by atoms with Gasteiger partial charge in [-0.1, -0.05) is 0 Å². The molecule has 0 radical (unpaired) electrons. The molecule has 2 fully saturated rings. The SMILES string of the molecule is CN1C[C@@H](NC(=O)N2CCC(c3nc4ccc(F)cc4[nH]3)CC2)C[C@H]1C(=O)O. The van der Waals surface area contributed by atoms with Gasteiger partial charge in [0.05, 0.1) is 11.0 Å². The Hall–Kier alpha value is -2.68. The number of amides is 2. The van der Waals surface area contributed by atoms with Crippen LogP contribution in [-0.2, 0) is 4.79 Å². The third-order valence-electron chi connectivity index (χ3n) is 5.79. The van der Waals surface area contributed by atoms with Crippen molar-refractivity contribution in [1.29, 1.82) is 0 Å². The van der Waals surface area contributed by atoms with Crippen molar-refractivity contribution in [3.63, 3.8) is 0 Å². The minimum Gasteiger partial charge on any atom is -0.480 e. The van der Waals surface area contributed by atoms with Crippen LogP contribution in [0.1, 0.15) is 31.0 Å². The van der Waals surface area contributed by atoms with Gasteiger partial charge >= 0.3 is 12.0 Å². The fraction of sp³-hybridized carbons (Fsp3) is 0.526. The van der Waals surface area contributed by atoms with E-state index in [0.717, 1.165) is 24.2 Å². The summed E-state index contributed by atoms with van der Waals surface area (Å²) in [5.41, 5.74) is 1.43. The second-order valence-corrected chi connectivity index (χ2v) is 7.72. The largest absolute Gasteiger partial charge is 0.480 e. The number of hydrogen-bond acceptors (Lipinski definition) is 4. The van der Waals surface area contributed by atoms with Crippen molar-refractivity contribution < 1.29 is 19.1 Å². The number of nitrogens with zero attached hydrogens (tertiary/aromatic N) is 3. The molecular weight excluding hydrogens is 365 g/mol. The summed E-state index contributed by atoms with van der Waals surface area (Å²) in [6, 6.07) is 3.66. The van der Waals surface area contributed by atoms with Crippen LogP contribution in [0.25, 0.3) is 11.0 Å². The third kappa shape index (κ3) is 3.66. The summed E-state index contributed by atoms with van der Waals surface area (Å²) in [6.07, 6.45) is 1.97. The number of aromatic nitrogens is 2. The summed E-state index contributed by atoms with van der Waals surface area (Å²) in [7, 11) is 1.76. The Bertz CT molecular complexity index is 893. The lowest BCUT2D eigenvalue weighted by Crippen LogP contribution is -2.48. The molecule has 0 unspecified atom stereocenters. The standard InChI is InChI=1S/C19H24FN5O3/c1-24-10-13(9-16(24)18(26)27)21-19(28)25-6-4-11(5-7-25)17-22-14-3-2-12(20)8-15(14)23-17/h2-3,8,11,13,16H,4-7,9-10H2,1H3,(H,21,28)(H,22,23)(H,26,27)/t13-,16-/m0/s1. The molecule has 8 nitrogen and oxygen atoms in total. The van der Waals surface area contributed by atoms with E-state index in [0.29, 0.717) is 31.6 Å². The Balaban J connectivity index is 1.32. The number of fused-ring (bicyclic) bond motifs is 1. The quantitative estimate of drug-likeness (QED) is 0.742. The van der Waals surface area contributed by atoms with Crippen LogP contribution in [0, 0.1) is 5.82 Å². The van der Waals surface area contributed by atoms with Crippen molar-refractivity contribution in [2.24, 2.45) is 0 Å². The second kappa shape index (κ2) is 7.38. The number of piperidine rings is 1. The van der Waals surface area contributed by atoms with Crippen LogP contribution in [0.4, 0.5) is 9.18 Å². The number of urea groups is 1. The van der Waals surface area contributed by atoms with Crippen molar-refractivity contribution in [3.8, 4) is 0 Å². The maximum atomic E-state index is 13.4. The molecule has 3 heterocycles. The first kappa shape index (κ1) is 18.7. The molecule has 2 saturated heterocycles. The zero-order valence-corrected chi connectivity index (χ0v) is 15.7. The average Bonchev–Trinajstić information content (AvgIpc) is 3.24. The van der Waals surface area contributed by atoms with Crippen LogP contribution < -0.4 is 5.32 Å². The molecule has 28 heavy (non-hydrogen) atoms. The molecule has 150 valence electrons. The van der Waals surface area contributed by atoms with Crippen molar-refractivity contribution in [2.45, 2.75) is 37.3 Å². The number of benzene rings is 1. The topological polar surface area (TPSA) is 102 Å². The molecule has 2 aliphatic rings. The van der Waals surface area contributed by atoms with Crippen molar-refractivity contribution in [1.82, 2.24) is 25.1 Å². The Morgan fingerprint density at radius 1 is 1.32 bits per heavy atom. The minimum atomic E-state index is -0.856. The predicted molar refractivity (Wildman–Crippen MR) is 101 cm³/mol. The molecule has 2 atom stereocenters. The number of carboxylic acid groups (broad SMARTS) is 1. The van der Waals surface area contributed by atoms with Gasteiger partial charge in [0.15, 0.2) is 0 Å². The summed E-state index contributed by atoms with van der Waals surface area (Å²) in [6.45, 7) is 1.74. The van der Waals surface area contributed by atoms with Gasteiger partial charge < -0.3 is 20.3 Å². The summed E-state index contributed by atoms with van der Waals surface area (Å²) in [5, 5.41) is 12.2. The number of carbonyl (C=O) groups excluding carboxylic acids is 1. The smallest absolute Gasteiger partial charge is 0.320 e. The number of H-pyrrole nitrogens is 1. The van der Waals surface area contributed by atoms with Crippen LogP contribution in [0.15, 0.2) is 18.2 Å². The molecule has 9 heteroatoms. The fourth-order valence-electron chi connectivity index (χ4n) is 4.21. The van der Waals surface area contributed by atoms with E-state index < -0.39 is 12.0 Å². The average molecular weight is 389 g/mol. The molecule has 0 bridgehead atoms. The van der Waals surface area contributed by atoms with E-state index in [1.54, 1.807) is 22.9 Å². The van der Waals surface area contributed by atoms with Crippen LogP contribution >= 0.6 is 0 Å². The Labute approximate surface area is 161 Å². The van der Waals surface area contributed by atoms with E-state index in [1.807, 2.05) is 0 Å². The molecule has 2 aromatic rings. The molecule has 0 saturated carbocycles. The zero-order chi connectivity index (χ0) is 19.8. The zero-order valence-electron chi connectivity index (χ0n) is 15.7. The molecule has 2 amide bonds. The second-order valence-electron chi connectivity index (χ2n) is 7.72. The van der Waals surface area contributed by atoms with Gasteiger partial charge in [-0.25, -0.2) is 14.2 Å². The highest BCUT2D eigenvalue weighted by molar-refractivity contribution is 5.77. The summed E-state index contributed by atoms with van der Waals surface area (Å²) < 4.78 is 13.4. The number of rotatable bonds is 3. The van der Waals surface area contributed by atoms with Crippen LogP contribution in [0.5, 0.6) is 0 Å². The maximum Gasteiger partial charge on any atom is 0.320 e. The molecule has 0 aliphatic carbocycles. The summed E-state index contributed by atoms with van der Waals surface area (Å²) in [5.74, 6) is -0.112. The first-order chi connectivity index (χ1) is 13.4. The van der Waals surface area contributed by atoms with Crippen molar-refractivity contribution in [2.75, 3.05) is 26.7 Å². The van der Waals surface area contributed by atoms with Gasteiger partial charge in [0.25, 0.3) is 0 Å². The van der Waals surface area contributed by atoms with E-state index in [2.05, 4.69) is 15.3 Å². The Morgan fingerprint density at radius 3 is 2.75 bits per heavy atom. The van der Waals surface area contributed by atoms with E-state index in [9.17, 15) is 19.1 Å². The first-order valence-corrected chi connectivity index (χ1v) is 9.54. The lowest BCUT2D eigenvalue weighted by atomic mass is 9.96. The number of aromatic amines is 1.